The second-order valence-electron chi connectivity index (χ2n) is 4.11. The summed E-state index contributed by atoms with van der Waals surface area (Å²) in [6.45, 7) is 2.89. The molecule has 0 aliphatic carbocycles. The number of carbonyl (C=O) groups is 1. The number of nitrogens with one attached hydrogen (secondary N) is 1. The Bertz CT molecular complexity index is 635. The van der Waals surface area contributed by atoms with Gasteiger partial charge in [0.1, 0.15) is 6.61 Å². The highest BCUT2D eigenvalue weighted by Crippen LogP contribution is 2.20. The van der Waals surface area contributed by atoms with Gasteiger partial charge in [-0.2, -0.15) is 5.10 Å². The van der Waals surface area contributed by atoms with Gasteiger partial charge in [-0.25, -0.2) is 0 Å². The molecule has 2 N–H and O–H groups in total. The van der Waals surface area contributed by atoms with Crippen molar-refractivity contribution in [2.45, 2.75) is 13.5 Å². The fourth-order valence-electron chi connectivity index (χ4n) is 1.64. The van der Waals surface area contributed by atoms with E-state index in [1.807, 2.05) is 25.3 Å². The molecule has 0 radical (unpaired) electrons. The van der Waals surface area contributed by atoms with Crippen LogP contribution in [0.1, 0.15) is 20.1 Å². The molecule has 20 heavy (non-hydrogen) atoms. The van der Waals surface area contributed by atoms with Gasteiger partial charge in [0, 0.05) is 18.9 Å². The maximum Gasteiger partial charge on any atom is 0.261 e. The maximum atomic E-state index is 12.0. The Hall–Kier alpha value is -2.10. The SMILES string of the molecule is Cc1cc(C(=O)NCCn2cccn2)sc1C#CCO. The van der Waals surface area contributed by atoms with Gasteiger partial charge in [-0.1, -0.05) is 11.8 Å². The number of rotatable bonds is 4. The zero-order chi connectivity index (χ0) is 14.4. The fourth-order valence-corrected chi connectivity index (χ4v) is 2.61. The zero-order valence-corrected chi connectivity index (χ0v) is 11.9. The van der Waals surface area contributed by atoms with E-state index in [9.17, 15) is 4.79 Å². The molecule has 0 saturated heterocycles. The third-order valence-electron chi connectivity index (χ3n) is 2.61. The van der Waals surface area contributed by atoms with Crippen LogP contribution in [0.3, 0.4) is 0 Å². The van der Waals surface area contributed by atoms with E-state index < -0.39 is 0 Å². The van der Waals surface area contributed by atoms with Gasteiger partial charge in [0.2, 0.25) is 0 Å². The number of nitrogens with zero attached hydrogens (tertiary/aromatic N) is 2. The molecule has 0 bridgehead atoms. The molecule has 2 heterocycles. The smallest absolute Gasteiger partial charge is 0.261 e. The van der Waals surface area contributed by atoms with Crippen molar-refractivity contribution in [2.24, 2.45) is 0 Å². The zero-order valence-electron chi connectivity index (χ0n) is 11.1. The van der Waals surface area contributed by atoms with E-state index in [1.54, 1.807) is 10.9 Å². The Morgan fingerprint density at radius 2 is 2.45 bits per heavy atom. The summed E-state index contributed by atoms with van der Waals surface area (Å²) in [6.07, 6.45) is 3.56. The molecule has 1 amide bonds. The molecule has 2 aromatic rings. The number of aliphatic hydroxyl groups excluding tert-OH is 1. The topological polar surface area (TPSA) is 67.2 Å². The summed E-state index contributed by atoms with van der Waals surface area (Å²) in [4.78, 5) is 13.4. The van der Waals surface area contributed by atoms with Crippen LogP contribution < -0.4 is 5.32 Å². The minimum atomic E-state index is -0.178. The molecule has 6 heteroatoms. The Morgan fingerprint density at radius 1 is 1.60 bits per heavy atom. The van der Waals surface area contributed by atoms with Crippen molar-refractivity contribution in [2.75, 3.05) is 13.2 Å². The van der Waals surface area contributed by atoms with Crippen molar-refractivity contribution in [3.05, 3.63) is 39.8 Å². The van der Waals surface area contributed by atoms with Crippen LogP contribution in [0, 0.1) is 18.8 Å². The van der Waals surface area contributed by atoms with Gasteiger partial charge in [-0.15, -0.1) is 11.3 Å². The van der Waals surface area contributed by atoms with Crippen LogP contribution in [0.2, 0.25) is 0 Å². The molecular weight excluding hydrogens is 274 g/mol. The van der Waals surface area contributed by atoms with Crippen molar-refractivity contribution < 1.29 is 9.90 Å². The molecule has 2 aromatic heterocycles. The van der Waals surface area contributed by atoms with E-state index in [1.165, 1.54) is 11.3 Å². The first-order valence-electron chi connectivity index (χ1n) is 6.16. The molecule has 0 spiro atoms. The first-order valence-corrected chi connectivity index (χ1v) is 6.98. The van der Waals surface area contributed by atoms with Crippen molar-refractivity contribution in [3.63, 3.8) is 0 Å². The van der Waals surface area contributed by atoms with Crippen molar-refractivity contribution in [1.82, 2.24) is 15.1 Å². The van der Waals surface area contributed by atoms with Crippen LogP contribution in [0.4, 0.5) is 0 Å². The molecule has 0 aliphatic heterocycles. The number of hydrogen-bond donors (Lipinski definition) is 2. The lowest BCUT2D eigenvalue weighted by molar-refractivity contribution is 0.0956. The molecule has 0 aliphatic rings. The number of aryl methyl sites for hydroxylation is 1. The first-order chi connectivity index (χ1) is 9.70. The quantitative estimate of drug-likeness (QED) is 0.826. The third kappa shape index (κ3) is 3.70. The van der Waals surface area contributed by atoms with E-state index in [2.05, 4.69) is 22.3 Å². The van der Waals surface area contributed by atoms with Gasteiger partial charge in [-0.05, 0) is 24.6 Å². The molecule has 0 unspecified atom stereocenters. The van der Waals surface area contributed by atoms with E-state index in [0.29, 0.717) is 18.0 Å². The van der Waals surface area contributed by atoms with Crippen LogP contribution in [-0.2, 0) is 6.54 Å². The average Bonchev–Trinajstić information content (AvgIpc) is 3.06. The van der Waals surface area contributed by atoms with E-state index in [4.69, 9.17) is 5.11 Å². The van der Waals surface area contributed by atoms with Crippen LogP contribution in [0.25, 0.3) is 0 Å². The average molecular weight is 289 g/mol. The highest BCUT2D eigenvalue weighted by atomic mass is 32.1. The number of thiophene rings is 1. The van der Waals surface area contributed by atoms with E-state index in [0.717, 1.165) is 10.4 Å². The summed E-state index contributed by atoms with van der Waals surface area (Å²) >= 11 is 1.34. The van der Waals surface area contributed by atoms with E-state index in [-0.39, 0.29) is 12.5 Å². The normalized spacial score (nSPS) is 9.90. The molecule has 0 aromatic carbocycles. The number of hydrogen-bond acceptors (Lipinski definition) is 4. The molecule has 5 nitrogen and oxygen atoms in total. The van der Waals surface area contributed by atoms with Gasteiger partial charge in [0.15, 0.2) is 0 Å². The first kappa shape index (κ1) is 14.3. The largest absolute Gasteiger partial charge is 0.384 e. The lowest BCUT2D eigenvalue weighted by atomic mass is 10.2. The molecule has 104 valence electrons. The van der Waals surface area contributed by atoms with Gasteiger partial charge in [0.25, 0.3) is 5.91 Å². The minimum Gasteiger partial charge on any atom is -0.384 e. The van der Waals surface area contributed by atoms with Crippen molar-refractivity contribution >= 4 is 17.2 Å². The van der Waals surface area contributed by atoms with Crippen molar-refractivity contribution in [3.8, 4) is 11.8 Å². The Kier molecular flexibility index (Phi) is 4.93. The second-order valence-corrected chi connectivity index (χ2v) is 5.16. The minimum absolute atomic E-state index is 0.109. The van der Waals surface area contributed by atoms with Crippen LogP contribution in [-0.4, -0.2) is 33.9 Å². The monoisotopic (exact) mass is 289 g/mol. The van der Waals surface area contributed by atoms with Gasteiger partial charge < -0.3 is 10.4 Å². The van der Waals surface area contributed by atoms with Gasteiger partial charge in [0.05, 0.1) is 16.3 Å². The van der Waals surface area contributed by atoms with Crippen LogP contribution >= 0.6 is 11.3 Å². The number of aromatic nitrogens is 2. The standard InChI is InChI=1S/C14H15N3O2S/c1-11-10-13(20-12(11)4-2-9-18)14(19)15-6-8-17-7-3-5-16-17/h3,5,7,10,18H,6,8-9H2,1H3,(H,15,19). The summed E-state index contributed by atoms with van der Waals surface area (Å²) in [6, 6.07) is 3.66. The maximum absolute atomic E-state index is 12.0. The van der Waals surface area contributed by atoms with Crippen molar-refractivity contribution in [1.29, 1.82) is 0 Å². The summed E-state index contributed by atoms with van der Waals surface area (Å²) in [5.74, 6) is 5.32. The summed E-state index contributed by atoms with van der Waals surface area (Å²) in [5.41, 5.74) is 0.952. The number of carbonyl (C=O) groups excluding carboxylic acids is 1. The third-order valence-corrected chi connectivity index (χ3v) is 3.76. The Balaban J connectivity index is 1.92. The molecule has 2 rings (SSSR count). The number of aliphatic hydroxyl groups is 1. The van der Waals surface area contributed by atoms with Gasteiger partial charge in [-0.3, -0.25) is 9.48 Å². The predicted octanol–water partition coefficient (Wildman–Crippen LogP) is 1.03. The highest BCUT2D eigenvalue weighted by molar-refractivity contribution is 7.14. The fraction of sp³-hybridized carbons (Fsp3) is 0.286. The molecular formula is C14H15N3O2S. The lowest BCUT2D eigenvalue weighted by Crippen LogP contribution is -2.26. The second kappa shape index (κ2) is 6.89. The summed E-state index contributed by atoms with van der Waals surface area (Å²) in [7, 11) is 0. The molecule has 0 saturated carbocycles. The highest BCUT2D eigenvalue weighted by Gasteiger charge is 2.10. The summed E-state index contributed by atoms with van der Waals surface area (Å²) in [5, 5.41) is 15.6. The molecule has 0 fully saturated rings. The van der Waals surface area contributed by atoms with Crippen LogP contribution in [0.15, 0.2) is 24.5 Å². The van der Waals surface area contributed by atoms with Crippen LogP contribution in [0.5, 0.6) is 0 Å². The molecule has 0 atom stereocenters. The number of amides is 1. The lowest BCUT2D eigenvalue weighted by Gasteiger charge is -2.03. The van der Waals surface area contributed by atoms with Gasteiger partial charge >= 0.3 is 0 Å². The van der Waals surface area contributed by atoms with E-state index >= 15 is 0 Å². The summed E-state index contributed by atoms with van der Waals surface area (Å²) < 4.78 is 1.76. The predicted molar refractivity (Wildman–Crippen MR) is 77.6 cm³/mol. The Morgan fingerprint density at radius 3 is 3.15 bits per heavy atom. The Labute approximate surface area is 121 Å².